The summed E-state index contributed by atoms with van der Waals surface area (Å²) in [5, 5.41) is 14.7. The van der Waals surface area contributed by atoms with Gasteiger partial charge in [0.05, 0.1) is 18.5 Å². The molecule has 3 nitrogen and oxygen atoms in total. The molecule has 0 bridgehead atoms. The topological polar surface area (TPSA) is 30.2 Å². The molecule has 0 saturated carbocycles. The summed E-state index contributed by atoms with van der Waals surface area (Å²) < 4.78 is 14.8. The molecule has 0 radical (unpaired) electrons. The standard InChI is InChI=1S/C20H19FN2O/c21-17-10-9-16-13-19(15-7-3-1-4-8-15)23(24)20(18(16)14-17)22-11-5-2-6-12-22/h1,3-4,7-10,13-14H,2,5-6,11-12H2. The summed E-state index contributed by atoms with van der Waals surface area (Å²) in [6.07, 6.45) is 3.30. The van der Waals surface area contributed by atoms with E-state index in [4.69, 9.17) is 0 Å². The van der Waals surface area contributed by atoms with Crippen LogP contribution in [-0.2, 0) is 0 Å². The maximum absolute atomic E-state index is 13.8. The number of rotatable bonds is 2. The van der Waals surface area contributed by atoms with Gasteiger partial charge in [-0.15, -0.1) is 0 Å². The molecule has 0 amide bonds. The minimum atomic E-state index is -0.312. The summed E-state index contributed by atoms with van der Waals surface area (Å²) in [4.78, 5) is 2.10. The van der Waals surface area contributed by atoms with Gasteiger partial charge < -0.3 is 5.21 Å². The molecule has 1 aliphatic rings. The molecule has 1 aliphatic heterocycles. The Kier molecular flexibility index (Phi) is 3.81. The maximum atomic E-state index is 13.8. The van der Waals surface area contributed by atoms with Gasteiger partial charge in [-0.05, 0) is 42.8 Å². The molecule has 1 aromatic heterocycles. The van der Waals surface area contributed by atoms with Crippen molar-refractivity contribution in [2.24, 2.45) is 0 Å². The van der Waals surface area contributed by atoms with Crippen molar-refractivity contribution < 1.29 is 9.12 Å². The van der Waals surface area contributed by atoms with Crippen molar-refractivity contribution in [1.82, 2.24) is 0 Å². The smallest absolute Gasteiger partial charge is 0.288 e. The number of fused-ring (bicyclic) bond motifs is 1. The van der Waals surface area contributed by atoms with Crippen molar-refractivity contribution in [1.29, 1.82) is 0 Å². The lowest BCUT2D eigenvalue weighted by Gasteiger charge is -2.27. The van der Waals surface area contributed by atoms with Crippen LogP contribution in [-0.4, -0.2) is 13.1 Å². The van der Waals surface area contributed by atoms with Crippen molar-refractivity contribution in [3.8, 4) is 11.3 Å². The number of benzene rings is 2. The Labute approximate surface area is 140 Å². The third kappa shape index (κ3) is 2.58. The molecule has 122 valence electrons. The zero-order valence-corrected chi connectivity index (χ0v) is 13.4. The van der Waals surface area contributed by atoms with E-state index in [1.165, 1.54) is 18.6 Å². The molecular formula is C20H19FN2O. The molecule has 0 atom stereocenters. The number of aromatic nitrogens is 1. The van der Waals surface area contributed by atoms with Crippen LogP contribution in [0.4, 0.5) is 10.2 Å². The van der Waals surface area contributed by atoms with Crippen molar-refractivity contribution in [3.05, 3.63) is 65.6 Å². The third-order valence-corrected chi connectivity index (χ3v) is 4.68. The van der Waals surface area contributed by atoms with E-state index < -0.39 is 0 Å². The first-order valence-electron chi connectivity index (χ1n) is 8.40. The summed E-state index contributed by atoms with van der Waals surface area (Å²) in [6.45, 7) is 1.68. The number of anilines is 1. The second kappa shape index (κ2) is 6.11. The molecule has 0 spiro atoms. The number of hydrogen-bond acceptors (Lipinski definition) is 2. The molecule has 1 fully saturated rings. The highest BCUT2D eigenvalue weighted by atomic mass is 19.1. The average Bonchev–Trinajstić information content (AvgIpc) is 2.63. The van der Waals surface area contributed by atoms with Crippen LogP contribution in [0, 0.1) is 11.0 Å². The summed E-state index contributed by atoms with van der Waals surface area (Å²) in [6, 6.07) is 16.2. The Morgan fingerprint density at radius 2 is 1.67 bits per heavy atom. The van der Waals surface area contributed by atoms with Crippen LogP contribution in [0.2, 0.25) is 0 Å². The van der Waals surface area contributed by atoms with Gasteiger partial charge in [0.2, 0.25) is 0 Å². The van der Waals surface area contributed by atoms with Crippen LogP contribution in [0.15, 0.2) is 54.6 Å². The minimum Gasteiger partial charge on any atom is -0.710 e. The molecule has 3 aromatic rings. The quantitative estimate of drug-likeness (QED) is 0.521. The normalized spacial score (nSPS) is 15.0. The fourth-order valence-electron chi connectivity index (χ4n) is 3.49. The Morgan fingerprint density at radius 1 is 0.917 bits per heavy atom. The van der Waals surface area contributed by atoms with Gasteiger partial charge in [-0.25, -0.2) is 9.12 Å². The largest absolute Gasteiger partial charge is 0.710 e. The first kappa shape index (κ1) is 14.9. The predicted octanol–water partition coefficient (Wildman–Crippen LogP) is 4.27. The van der Waals surface area contributed by atoms with Gasteiger partial charge in [0.1, 0.15) is 11.5 Å². The van der Waals surface area contributed by atoms with Crippen LogP contribution < -0.4 is 9.63 Å². The zero-order valence-electron chi connectivity index (χ0n) is 13.4. The highest BCUT2D eigenvalue weighted by molar-refractivity contribution is 5.93. The fraction of sp³-hybridized carbons (Fsp3) is 0.250. The van der Waals surface area contributed by atoms with Gasteiger partial charge in [-0.3, -0.25) is 4.90 Å². The van der Waals surface area contributed by atoms with Crippen LogP contribution in [0.25, 0.3) is 22.0 Å². The number of piperidine rings is 1. The van der Waals surface area contributed by atoms with Crippen LogP contribution in [0.1, 0.15) is 19.3 Å². The summed E-state index contributed by atoms with van der Waals surface area (Å²) in [5.41, 5.74) is 1.48. The molecule has 0 aliphatic carbocycles. The van der Waals surface area contributed by atoms with E-state index in [0.717, 1.165) is 41.6 Å². The molecule has 0 unspecified atom stereocenters. The Morgan fingerprint density at radius 3 is 2.42 bits per heavy atom. The van der Waals surface area contributed by atoms with E-state index in [9.17, 15) is 9.60 Å². The molecule has 4 rings (SSSR count). The van der Waals surface area contributed by atoms with Gasteiger partial charge >= 0.3 is 0 Å². The van der Waals surface area contributed by atoms with Gasteiger partial charge in [-0.1, -0.05) is 36.4 Å². The van der Waals surface area contributed by atoms with Crippen molar-refractivity contribution in [3.63, 3.8) is 0 Å². The van der Waals surface area contributed by atoms with Gasteiger partial charge in [-0.2, -0.15) is 0 Å². The summed E-state index contributed by atoms with van der Waals surface area (Å²) in [7, 11) is 0. The third-order valence-electron chi connectivity index (χ3n) is 4.68. The Balaban J connectivity index is 1.99. The van der Waals surface area contributed by atoms with E-state index in [0.29, 0.717) is 16.9 Å². The van der Waals surface area contributed by atoms with E-state index >= 15 is 0 Å². The Bertz CT molecular complexity index is 874. The van der Waals surface area contributed by atoms with E-state index in [2.05, 4.69) is 4.90 Å². The number of pyridine rings is 1. The lowest BCUT2D eigenvalue weighted by atomic mass is 10.0. The van der Waals surface area contributed by atoms with Crippen LogP contribution in [0.3, 0.4) is 0 Å². The van der Waals surface area contributed by atoms with Crippen molar-refractivity contribution in [2.45, 2.75) is 19.3 Å². The molecule has 0 N–H and O–H groups in total. The lowest BCUT2D eigenvalue weighted by Crippen LogP contribution is -2.42. The second-order valence-electron chi connectivity index (χ2n) is 6.29. The summed E-state index contributed by atoms with van der Waals surface area (Å²) in [5.74, 6) is 0.263. The van der Waals surface area contributed by atoms with Gasteiger partial charge in [0.15, 0.2) is 0 Å². The highest BCUT2D eigenvalue weighted by Gasteiger charge is 2.25. The van der Waals surface area contributed by atoms with Crippen molar-refractivity contribution >= 4 is 16.6 Å². The second-order valence-corrected chi connectivity index (χ2v) is 6.29. The molecule has 4 heteroatoms. The first-order valence-corrected chi connectivity index (χ1v) is 8.40. The molecule has 2 heterocycles. The maximum Gasteiger partial charge on any atom is 0.288 e. The average molecular weight is 322 g/mol. The molecular weight excluding hydrogens is 303 g/mol. The van der Waals surface area contributed by atoms with E-state index in [1.807, 2.05) is 36.4 Å². The van der Waals surface area contributed by atoms with Crippen LogP contribution >= 0.6 is 0 Å². The predicted molar refractivity (Wildman–Crippen MR) is 94.4 cm³/mol. The minimum absolute atomic E-state index is 0.312. The number of hydrogen-bond donors (Lipinski definition) is 0. The summed E-state index contributed by atoms with van der Waals surface area (Å²) >= 11 is 0. The van der Waals surface area contributed by atoms with Crippen molar-refractivity contribution in [2.75, 3.05) is 18.0 Å². The fourth-order valence-corrected chi connectivity index (χ4v) is 3.49. The molecule has 2 aromatic carbocycles. The zero-order chi connectivity index (χ0) is 16.5. The van der Waals surface area contributed by atoms with E-state index in [-0.39, 0.29) is 5.82 Å². The van der Waals surface area contributed by atoms with Crippen LogP contribution in [0.5, 0.6) is 0 Å². The first-order chi connectivity index (χ1) is 11.7. The van der Waals surface area contributed by atoms with E-state index in [1.54, 1.807) is 6.07 Å². The molecule has 24 heavy (non-hydrogen) atoms. The monoisotopic (exact) mass is 322 g/mol. The van der Waals surface area contributed by atoms with Gasteiger partial charge in [0, 0.05) is 5.56 Å². The highest BCUT2D eigenvalue weighted by Crippen LogP contribution is 2.30. The lowest BCUT2D eigenvalue weighted by molar-refractivity contribution is -0.579. The van der Waals surface area contributed by atoms with Gasteiger partial charge in [0.25, 0.3) is 5.82 Å². The molecule has 1 saturated heterocycles. The SMILES string of the molecule is [O-][n+]1c(-c2ccccc2)cc2ccc(F)cc2c1N1CCCCC1. The number of halogens is 1. The number of nitrogens with zero attached hydrogens (tertiary/aromatic N) is 2. The Hall–Kier alpha value is -2.62.